The summed E-state index contributed by atoms with van der Waals surface area (Å²) in [6.45, 7) is 4.57. The maximum Gasteiger partial charge on any atom is 0.303 e. The van der Waals surface area contributed by atoms with E-state index in [0.29, 0.717) is 6.42 Å². The fraction of sp³-hybridized carbons (Fsp3) is 0.778. The van der Waals surface area contributed by atoms with Crippen LogP contribution in [-0.4, -0.2) is 31.1 Å². The maximum absolute atomic E-state index is 11.4. The van der Waals surface area contributed by atoms with Gasteiger partial charge in [-0.05, 0) is 13.3 Å². The first-order valence-corrected chi connectivity index (χ1v) is 4.18. The van der Waals surface area contributed by atoms with E-state index in [1.54, 1.807) is 6.92 Å². The van der Waals surface area contributed by atoms with E-state index in [4.69, 9.17) is 4.74 Å². The highest BCUT2D eigenvalue weighted by molar-refractivity contribution is 5.89. The van der Waals surface area contributed by atoms with E-state index in [2.05, 4.69) is 4.74 Å². The predicted octanol–water partition coefficient (Wildman–Crippen LogP) is 0.934. The molecular weight excluding hydrogens is 172 g/mol. The van der Waals surface area contributed by atoms with Crippen molar-refractivity contribution in [1.82, 2.24) is 0 Å². The highest BCUT2D eigenvalue weighted by Crippen LogP contribution is 2.15. The summed E-state index contributed by atoms with van der Waals surface area (Å²) in [4.78, 5) is 21.9. The lowest BCUT2D eigenvalue weighted by Gasteiger charge is -2.24. The summed E-state index contributed by atoms with van der Waals surface area (Å²) in [6.07, 6.45) is 0.559. The van der Waals surface area contributed by atoms with Crippen LogP contribution in [0.15, 0.2) is 0 Å². The first kappa shape index (κ1) is 12.1. The van der Waals surface area contributed by atoms with Gasteiger partial charge in [-0.2, -0.15) is 0 Å². The SMILES string of the molecule is CCC(C)(OC)C(=O)COC(C)=O. The van der Waals surface area contributed by atoms with Gasteiger partial charge in [-0.1, -0.05) is 6.92 Å². The van der Waals surface area contributed by atoms with E-state index < -0.39 is 11.6 Å². The molecule has 0 aromatic rings. The van der Waals surface area contributed by atoms with Crippen molar-refractivity contribution in [1.29, 1.82) is 0 Å². The lowest BCUT2D eigenvalue weighted by molar-refractivity contribution is -0.154. The topological polar surface area (TPSA) is 52.6 Å². The van der Waals surface area contributed by atoms with Crippen molar-refractivity contribution < 1.29 is 19.1 Å². The van der Waals surface area contributed by atoms with Crippen molar-refractivity contribution in [3.8, 4) is 0 Å². The van der Waals surface area contributed by atoms with Gasteiger partial charge >= 0.3 is 5.97 Å². The zero-order chi connectivity index (χ0) is 10.5. The number of carbonyl (C=O) groups excluding carboxylic acids is 2. The van der Waals surface area contributed by atoms with Crippen LogP contribution in [0.25, 0.3) is 0 Å². The molecule has 0 fully saturated rings. The van der Waals surface area contributed by atoms with Gasteiger partial charge in [0.05, 0.1) is 0 Å². The Morgan fingerprint density at radius 1 is 1.38 bits per heavy atom. The van der Waals surface area contributed by atoms with Crippen LogP contribution in [0.2, 0.25) is 0 Å². The van der Waals surface area contributed by atoms with Crippen molar-refractivity contribution >= 4 is 11.8 Å². The Labute approximate surface area is 78.2 Å². The Bertz CT molecular complexity index is 194. The highest BCUT2D eigenvalue weighted by atomic mass is 16.5. The summed E-state index contributed by atoms with van der Waals surface area (Å²) in [5, 5.41) is 0. The molecule has 0 N–H and O–H groups in total. The normalized spacial score (nSPS) is 14.8. The molecule has 0 spiro atoms. The van der Waals surface area contributed by atoms with E-state index in [0.717, 1.165) is 0 Å². The van der Waals surface area contributed by atoms with Gasteiger partial charge in [0, 0.05) is 14.0 Å². The average Bonchev–Trinajstić information content (AvgIpc) is 2.12. The number of hydrogen-bond acceptors (Lipinski definition) is 4. The van der Waals surface area contributed by atoms with Gasteiger partial charge in [0.2, 0.25) is 5.78 Å². The minimum atomic E-state index is -0.838. The molecule has 0 aliphatic carbocycles. The third-order valence-corrected chi connectivity index (χ3v) is 2.12. The molecule has 0 saturated heterocycles. The molecule has 13 heavy (non-hydrogen) atoms. The molecular formula is C9H16O4. The summed E-state index contributed by atoms with van der Waals surface area (Å²) < 4.78 is 9.63. The van der Waals surface area contributed by atoms with Crippen molar-refractivity contribution in [3.63, 3.8) is 0 Å². The van der Waals surface area contributed by atoms with Gasteiger partial charge in [0.25, 0.3) is 0 Å². The third kappa shape index (κ3) is 3.55. The van der Waals surface area contributed by atoms with Gasteiger partial charge in [0.1, 0.15) is 5.60 Å². The lowest BCUT2D eigenvalue weighted by atomic mass is 9.98. The first-order chi connectivity index (χ1) is 5.96. The zero-order valence-corrected chi connectivity index (χ0v) is 8.55. The number of hydrogen-bond donors (Lipinski definition) is 0. The predicted molar refractivity (Wildman–Crippen MR) is 47.3 cm³/mol. The Hall–Kier alpha value is -0.900. The van der Waals surface area contributed by atoms with Crippen LogP contribution in [0.3, 0.4) is 0 Å². The quantitative estimate of drug-likeness (QED) is 0.602. The molecule has 0 radical (unpaired) electrons. The number of ether oxygens (including phenoxy) is 2. The van der Waals surface area contributed by atoms with E-state index in [-0.39, 0.29) is 12.4 Å². The number of rotatable bonds is 5. The molecule has 0 bridgehead atoms. The second-order valence-corrected chi connectivity index (χ2v) is 2.99. The smallest absolute Gasteiger partial charge is 0.303 e. The number of esters is 1. The summed E-state index contributed by atoms with van der Waals surface area (Å²) in [5.41, 5.74) is -0.838. The van der Waals surface area contributed by atoms with E-state index >= 15 is 0 Å². The number of methoxy groups -OCH3 is 1. The number of ketones is 1. The summed E-state index contributed by atoms with van der Waals surface area (Å²) in [6, 6.07) is 0. The van der Waals surface area contributed by atoms with E-state index in [1.807, 2.05) is 6.92 Å². The first-order valence-electron chi connectivity index (χ1n) is 4.18. The third-order valence-electron chi connectivity index (χ3n) is 2.12. The van der Waals surface area contributed by atoms with Crippen molar-refractivity contribution in [2.45, 2.75) is 32.8 Å². The minimum absolute atomic E-state index is 0.215. The Morgan fingerprint density at radius 2 is 1.92 bits per heavy atom. The van der Waals surface area contributed by atoms with Crippen molar-refractivity contribution in [2.75, 3.05) is 13.7 Å². The standard InChI is InChI=1S/C9H16O4/c1-5-9(3,12-4)8(11)6-13-7(2)10/h5-6H2,1-4H3. The van der Waals surface area contributed by atoms with Crippen molar-refractivity contribution in [2.24, 2.45) is 0 Å². The largest absolute Gasteiger partial charge is 0.458 e. The molecule has 4 heteroatoms. The molecule has 0 aliphatic rings. The van der Waals surface area contributed by atoms with Crippen LogP contribution in [0.4, 0.5) is 0 Å². The second-order valence-electron chi connectivity index (χ2n) is 2.99. The van der Waals surface area contributed by atoms with Crippen LogP contribution >= 0.6 is 0 Å². The molecule has 0 aromatic heterocycles. The second kappa shape index (κ2) is 4.97. The molecule has 0 saturated carbocycles. The van der Waals surface area contributed by atoms with Crippen LogP contribution in [0, 0.1) is 0 Å². The molecule has 1 unspecified atom stereocenters. The molecule has 0 aromatic carbocycles. The van der Waals surface area contributed by atoms with E-state index in [9.17, 15) is 9.59 Å². The molecule has 0 aliphatic heterocycles. The number of Topliss-reactive ketones (excluding diaryl/α,β-unsaturated/α-hetero) is 1. The maximum atomic E-state index is 11.4. The van der Waals surface area contributed by atoms with Crippen LogP contribution in [0.5, 0.6) is 0 Å². The van der Waals surface area contributed by atoms with Gasteiger partial charge in [0.15, 0.2) is 6.61 Å². The van der Waals surface area contributed by atoms with Gasteiger partial charge in [-0.3, -0.25) is 9.59 Å². The monoisotopic (exact) mass is 188 g/mol. The van der Waals surface area contributed by atoms with Crippen LogP contribution in [0.1, 0.15) is 27.2 Å². The zero-order valence-electron chi connectivity index (χ0n) is 8.55. The van der Waals surface area contributed by atoms with Gasteiger partial charge in [-0.15, -0.1) is 0 Å². The Balaban J connectivity index is 4.15. The van der Waals surface area contributed by atoms with Crippen molar-refractivity contribution in [3.05, 3.63) is 0 Å². The summed E-state index contributed by atoms with van der Waals surface area (Å²) in [7, 11) is 1.47. The molecule has 0 heterocycles. The number of carbonyl (C=O) groups is 2. The highest BCUT2D eigenvalue weighted by Gasteiger charge is 2.31. The van der Waals surface area contributed by atoms with Gasteiger partial charge < -0.3 is 9.47 Å². The summed E-state index contributed by atoms with van der Waals surface area (Å²) in [5.74, 6) is -0.671. The Kier molecular flexibility index (Phi) is 4.62. The molecule has 1 atom stereocenters. The van der Waals surface area contributed by atoms with Gasteiger partial charge in [-0.25, -0.2) is 0 Å². The fourth-order valence-corrected chi connectivity index (χ4v) is 0.775. The molecule has 4 nitrogen and oxygen atoms in total. The molecule has 0 rings (SSSR count). The molecule has 0 amide bonds. The average molecular weight is 188 g/mol. The summed E-state index contributed by atoms with van der Waals surface area (Å²) >= 11 is 0. The fourth-order valence-electron chi connectivity index (χ4n) is 0.775. The minimum Gasteiger partial charge on any atom is -0.458 e. The van der Waals surface area contributed by atoms with E-state index in [1.165, 1.54) is 14.0 Å². The Morgan fingerprint density at radius 3 is 2.23 bits per heavy atom. The van der Waals surface area contributed by atoms with Crippen LogP contribution in [-0.2, 0) is 19.1 Å². The lowest BCUT2D eigenvalue weighted by Crippen LogP contribution is -2.39. The molecule has 76 valence electrons. The van der Waals surface area contributed by atoms with Crippen LogP contribution < -0.4 is 0 Å².